The molecule has 146 valence electrons. The number of nitrogens with one attached hydrogen (secondary N) is 2. The summed E-state index contributed by atoms with van der Waals surface area (Å²) < 4.78 is 0. The molecular weight excluding hydrogens is 352 g/mol. The van der Waals surface area contributed by atoms with E-state index in [1.807, 2.05) is 53.4 Å². The maximum atomic E-state index is 12.8. The van der Waals surface area contributed by atoms with Crippen LogP contribution in [0.3, 0.4) is 0 Å². The molecule has 0 bridgehead atoms. The van der Waals surface area contributed by atoms with Gasteiger partial charge in [-0.3, -0.25) is 9.69 Å². The summed E-state index contributed by atoms with van der Waals surface area (Å²) in [6.45, 7) is 2.85. The highest BCUT2D eigenvalue weighted by atomic mass is 16.2. The van der Waals surface area contributed by atoms with Gasteiger partial charge in [0.15, 0.2) is 0 Å². The van der Waals surface area contributed by atoms with Crippen LogP contribution >= 0.6 is 0 Å². The Morgan fingerprint density at radius 1 is 0.929 bits per heavy atom. The largest absolute Gasteiger partial charge is 0.359 e. The summed E-state index contributed by atoms with van der Waals surface area (Å²) in [5.74, 6) is 0.0229. The minimum Gasteiger partial charge on any atom is -0.359 e. The first-order valence-electron chi connectivity index (χ1n) is 9.79. The van der Waals surface area contributed by atoms with Gasteiger partial charge in [-0.25, -0.2) is 4.79 Å². The summed E-state index contributed by atoms with van der Waals surface area (Å²) >= 11 is 0. The molecule has 3 atom stereocenters. The molecule has 4 rings (SSSR count). The van der Waals surface area contributed by atoms with Crippen LogP contribution < -0.4 is 10.6 Å². The lowest BCUT2D eigenvalue weighted by atomic mass is 9.84. The quantitative estimate of drug-likeness (QED) is 0.862. The van der Waals surface area contributed by atoms with E-state index in [0.29, 0.717) is 13.1 Å². The first kappa shape index (κ1) is 18.5. The molecule has 2 aromatic carbocycles. The van der Waals surface area contributed by atoms with E-state index in [0.717, 1.165) is 18.8 Å². The SMILES string of the molecule is CNC(=O)[C@@H]1[C@@H](c2ccccc2)CN2CCN(C(=O)Nc3ccccc3)C[C@H]12. The number of nitrogens with zero attached hydrogens (tertiary/aromatic N) is 2. The molecule has 3 amide bonds. The molecule has 0 aromatic heterocycles. The molecule has 2 N–H and O–H groups in total. The average molecular weight is 378 g/mol. The van der Waals surface area contributed by atoms with Crippen molar-refractivity contribution in [1.82, 2.24) is 15.1 Å². The summed E-state index contributed by atoms with van der Waals surface area (Å²) in [5, 5.41) is 5.80. The molecule has 0 radical (unpaired) electrons. The number of anilines is 1. The Balaban J connectivity index is 1.52. The molecule has 0 spiro atoms. The third-order valence-electron chi connectivity index (χ3n) is 5.90. The van der Waals surface area contributed by atoms with Crippen LogP contribution in [0.25, 0.3) is 0 Å². The minimum absolute atomic E-state index is 0.0282. The van der Waals surface area contributed by atoms with Gasteiger partial charge in [0.05, 0.1) is 5.92 Å². The Labute approximate surface area is 165 Å². The van der Waals surface area contributed by atoms with Gasteiger partial charge in [0, 0.05) is 50.9 Å². The molecule has 2 aromatic rings. The van der Waals surface area contributed by atoms with Gasteiger partial charge in [0.25, 0.3) is 0 Å². The molecule has 0 unspecified atom stereocenters. The molecule has 2 heterocycles. The zero-order valence-corrected chi connectivity index (χ0v) is 16.0. The maximum Gasteiger partial charge on any atom is 0.321 e. The smallest absolute Gasteiger partial charge is 0.321 e. The van der Waals surface area contributed by atoms with Crippen LogP contribution in [0.15, 0.2) is 60.7 Å². The fourth-order valence-electron chi connectivity index (χ4n) is 4.49. The highest BCUT2D eigenvalue weighted by molar-refractivity contribution is 5.89. The van der Waals surface area contributed by atoms with E-state index < -0.39 is 0 Å². The van der Waals surface area contributed by atoms with Crippen LogP contribution in [-0.4, -0.2) is 61.0 Å². The third-order valence-corrected chi connectivity index (χ3v) is 5.90. The number of urea groups is 1. The number of para-hydroxylation sites is 1. The van der Waals surface area contributed by atoms with Crippen molar-refractivity contribution in [3.8, 4) is 0 Å². The number of rotatable bonds is 3. The van der Waals surface area contributed by atoms with Crippen molar-refractivity contribution in [1.29, 1.82) is 0 Å². The summed E-state index contributed by atoms with van der Waals surface area (Å²) in [6.07, 6.45) is 0. The first-order chi connectivity index (χ1) is 13.7. The Morgan fingerprint density at radius 2 is 1.61 bits per heavy atom. The van der Waals surface area contributed by atoms with Crippen molar-refractivity contribution >= 4 is 17.6 Å². The van der Waals surface area contributed by atoms with Gasteiger partial charge in [-0.2, -0.15) is 0 Å². The van der Waals surface area contributed by atoms with Crippen molar-refractivity contribution in [3.05, 3.63) is 66.2 Å². The van der Waals surface area contributed by atoms with E-state index in [2.05, 4.69) is 27.7 Å². The van der Waals surface area contributed by atoms with Crippen LogP contribution in [0.1, 0.15) is 11.5 Å². The highest BCUT2D eigenvalue weighted by Crippen LogP contribution is 2.39. The van der Waals surface area contributed by atoms with Gasteiger partial charge in [0.2, 0.25) is 5.91 Å². The standard InChI is InChI=1S/C22H26N4O2/c1-23-21(27)20-18(16-8-4-2-5-9-16)14-25-12-13-26(15-19(20)25)22(28)24-17-10-6-3-7-11-17/h2-11,18-20H,12-15H2,1H3,(H,23,27)(H,24,28)/t18-,19-,20-/m1/s1. The molecular formula is C22H26N4O2. The molecule has 6 nitrogen and oxygen atoms in total. The number of amides is 3. The van der Waals surface area contributed by atoms with E-state index in [4.69, 9.17) is 0 Å². The second kappa shape index (κ2) is 8.02. The molecule has 0 aliphatic carbocycles. The lowest BCUT2D eigenvalue weighted by Crippen LogP contribution is -2.56. The zero-order valence-electron chi connectivity index (χ0n) is 16.0. The molecule has 2 fully saturated rings. The van der Waals surface area contributed by atoms with Gasteiger partial charge in [-0.1, -0.05) is 48.5 Å². The van der Waals surface area contributed by atoms with Crippen LogP contribution in [0.4, 0.5) is 10.5 Å². The Morgan fingerprint density at radius 3 is 2.29 bits per heavy atom. The highest BCUT2D eigenvalue weighted by Gasteiger charge is 2.48. The van der Waals surface area contributed by atoms with Gasteiger partial charge in [-0.15, -0.1) is 0 Å². The number of hydrogen-bond donors (Lipinski definition) is 2. The molecule has 0 saturated carbocycles. The predicted molar refractivity (Wildman–Crippen MR) is 109 cm³/mol. The van der Waals surface area contributed by atoms with Crippen molar-refractivity contribution in [3.63, 3.8) is 0 Å². The fraction of sp³-hybridized carbons (Fsp3) is 0.364. The second-order valence-electron chi connectivity index (χ2n) is 7.46. The number of carbonyl (C=O) groups excluding carboxylic acids is 2. The van der Waals surface area contributed by atoms with Crippen LogP contribution in [0.2, 0.25) is 0 Å². The molecule has 2 aliphatic heterocycles. The number of benzene rings is 2. The average Bonchev–Trinajstić information content (AvgIpc) is 3.13. The minimum atomic E-state index is -0.167. The Hall–Kier alpha value is -2.86. The van der Waals surface area contributed by atoms with E-state index in [1.165, 1.54) is 5.56 Å². The fourth-order valence-corrected chi connectivity index (χ4v) is 4.49. The van der Waals surface area contributed by atoms with Crippen molar-refractivity contribution < 1.29 is 9.59 Å². The predicted octanol–water partition coefficient (Wildman–Crippen LogP) is 2.36. The Kier molecular flexibility index (Phi) is 5.30. The molecule has 28 heavy (non-hydrogen) atoms. The topological polar surface area (TPSA) is 64.7 Å². The lowest BCUT2D eigenvalue weighted by molar-refractivity contribution is -0.126. The second-order valence-corrected chi connectivity index (χ2v) is 7.46. The van der Waals surface area contributed by atoms with Gasteiger partial charge < -0.3 is 15.5 Å². The van der Waals surface area contributed by atoms with E-state index in [1.54, 1.807) is 7.05 Å². The summed E-state index contributed by atoms with van der Waals surface area (Å²) in [7, 11) is 1.69. The van der Waals surface area contributed by atoms with Crippen LogP contribution in [0, 0.1) is 5.92 Å². The molecule has 6 heteroatoms. The Bertz CT molecular complexity index is 827. The maximum absolute atomic E-state index is 12.8. The molecule has 2 saturated heterocycles. The van der Waals surface area contributed by atoms with Crippen LogP contribution in [-0.2, 0) is 4.79 Å². The number of fused-ring (bicyclic) bond motifs is 1. The third kappa shape index (κ3) is 3.60. The number of carbonyl (C=O) groups is 2. The van der Waals surface area contributed by atoms with Gasteiger partial charge >= 0.3 is 6.03 Å². The number of piperazine rings is 1. The number of hydrogen-bond acceptors (Lipinski definition) is 3. The van der Waals surface area contributed by atoms with Gasteiger partial charge in [0.1, 0.15) is 0 Å². The monoisotopic (exact) mass is 378 g/mol. The van der Waals surface area contributed by atoms with Crippen molar-refractivity contribution in [2.45, 2.75) is 12.0 Å². The van der Waals surface area contributed by atoms with Gasteiger partial charge in [-0.05, 0) is 17.7 Å². The van der Waals surface area contributed by atoms with E-state index in [9.17, 15) is 9.59 Å². The summed E-state index contributed by atoms with van der Waals surface area (Å²) in [6, 6.07) is 19.6. The summed E-state index contributed by atoms with van der Waals surface area (Å²) in [4.78, 5) is 29.7. The van der Waals surface area contributed by atoms with E-state index in [-0.39, 0.29) is 29.8 Å². The summed E-state index contributed by atoms with van der Waals surface area (Å²) in [5.41, 5.74) is 1.97. The normalized spacial score (nSPS) is 24.5. The first-order valence-corrected chi connectivity index (χ1v) is 9.79. The zero-order chi connectivity index (χ0) is 19.5. The van der Waals surface area contributed by atoms with Crippen molar-refractivity contribution in [2.75, 3.05) is 38.5 Å². The van der Waals surface area contributed by atoms with E-state index >= 15 is 0 Å². The molecule has 2 aliphatic rings. The van der Waals surface area contributed by atoms with Crippen molar-refractivity contribution in [2.24, 2.45) is 5.92 Å². The lowest BCUT2D eigenvalue weighted by Gasteiger charge is -2.39. The van der Waals surface area contributed by atoms with Crippen LogP contribution in [0.5, 0.6) is 0 Å².